The zero-order valence-corrected chi connectivity index (χ0v) is 17.6. The van der Waals surface area contributed by atoms with Crippen molar-refractivity contribution < 1.29 is 14.6 Å². The molecular weight excluding hydrogens is 384 g/mol. The number of aliphatic hydroxyl groups is 1. The number of hydrogen-bond donors (Lipinski definition) is 3. The molecule has 2 aliphatic carbocycles. The summed E-state index contributed by atoms with van der Waals surface area (Å²) in [6, 6.07) is 2.56. The predicted molar refractivity (Wildman–Crippen MR) is 111 cm³/mol. The molecule has 4 aliphatic rings. The second-order valence-corrected chi connectivity index (χ2v) is 9.37. The van der Waals surface area contributed by atoms with Crippen molar-refractivity contribution in [2.75, 3.05) is 37.7 Å². The minimum absolute atomic E-state index is 0.00381. The lowest BCUT2D eigenvalue weighted by Crippen LogP contribution is -2.51. The molecule has 9 nitrogen and oxygen atoms in total. The molecule has 9 heteroatoms. The third-order valence-electron chi connectivity index (χ3n) is 7.11. The van der Waals surface area contributed by atoms with E-state index in [9.17, 15) is 4.79 Å². The number of ether oxygens (including phenoxy) is 1. The van der Waals surface area contributed by atoms with Crippen molar-refractivity contribution in [2.24, 2.45) is 5.92 Å². The van der Waals surface area contributed by atoms with Crippen LogP contribution in [0.1, 0.15) is 50.8 Å². The van der Waals surface area contributed by atoms with E-state index in [2.05, 4.69) is 27.7 Å². The van der Waals surface area contributed by atoms with Crippen molar-refractivity contribution in [3.63, 3.8) is 0 Å². The SMILES string of the molecule is CC1(OC2CCC3NNC(c4cc(N5CCN(CCO)C(=O)C5)ncn4)C3C2)CC1. The van der Waals surface area contributed by atoms with Gasteiger partial charge in [-0.25, -0.2) is 15.4 Å². The standard InChI is InChI=1S/C21H32N6O3/c1-21(4-5-21)30-14-2-3-16-15(10-14)20(25-24-16)17-11-18(23-13-22-17)27-7-6-26(8-9-28)19(29)12-27/h11,13-16,20,24-25,28H,2-10,12H2,1H3. The highest BCUT2D eigenvalue weighted by Crippen LogP contribution is 2.45. The fraction of sp³-hybridized carbons (Fsp3) is 0.762. The lowest BCUT2D eigenvalue weighted by Gasteiger charge is -2.35. The molecule has 4 fully saturated rings. The topological polar surface area (TPSA) is 103 Å². The number of aliphatic hydroxyl groups excluding tert-OH is 1. The maximum atomic E-state index is 12.3. The van der Waals surface area contributed by atoms with Crippen LogP contribution >= 0.6 is 0 Å². The van der Waals surface area contributed by atoms with Crippen molar-refractivity contribution in [1.29, 1.82) is 0 Å². The molecule has 2 saturated heterocycles. The molecule has 0 bridgehead atoms. The number of hydrazine groups is 1. The summed E-state index contributed by atoms with van der Waals surface area (Å²) in [4.78, 5) is 25.1. The first-order chi connectivity index (χ1) is 14.5. The molecule has 1 aromatic rings. The van der Waals surface area contributed by atoms with E-state index in [0.29, 0.717) is 37.7 Å². The molecule has 3 heterocycles. The minimum Gasteiger partial charge on any atom is -0.395 e. The van der Waals surface area contributed by atoms with E-state index < -0.39 is 0 Å². The number of nitrogens with zero attached hydrogens (tertiary/aromatic N) is 4. The smallest absolute Gasteiger partial charge is 0.242 e. The van der Waals surface area contributed by atoms with Crippen LogP contribution in [0.15, 0.2) is 12.4 Å². The zero-order valence-electron chi connectivity index (χ0n) is 17.6. The molecule has 1 aromatic heterocycles. The van der Waals surface area contributed by atoms with Crippen molar-refractivity contribution >= 4 is 11.7 Å². The molecule has 164 valence electrons. The van der Waals surface area contributed by atoms with Crippen molar-refractivity contribution in [3.05, 3.63) is 18.1 Å². The van der Waals surface area contributed by atoms with E-state index in [0.717, 1.165) is 30.8 Å². The van der Waals surface area contributed by atoms with Gasteiger partial charge in [0.05, 0.1) is 36.6 Å². The normalized spacial score (nSPS) is 32.9. The second-order valence-electron chi connectivity index (χ2n) is 9.37. The Kier molecular flexibility index (Phi) is 5.38. The summed E-state index contributed by atoms with van der Waals surface area (Å²) in [5.41, 5.74) is 8.00. The summed E-state index contributed by atoms with van der Waals surface area (Å²) in [5, 5.41) is 9.11. The third-order valence-corrected chi connectivity index (χ3v) is 7.11. The first kappa shape index (κ1) is 20.1. The number of rotatable bonds is 6. The minimum atomic E-state index is -0.00381. The van der Waals surface area contributed by atoms with Gasteiger partial charge in [-0.2, -0.15) is 0 Å². The highest BCUT2D eigenvalue weighted by atomic mass is 16.5. The summed E-state index contributed by atoms with van der Waals surface area (Å²) in [6.45, 7) is 4.21. The molecule has 0 radical (unpaired) electrons. The van der Waals surface area contributed by atoms with Gasteiger partial charge >= 0.3 is 0 Å². The monoisotopic (exact) mass is 416 g/mol. The number of aromatic nitrogens is 2. The van der Waals surface area contributed by atoms with E-state index >= 15 is 0 Å². The average molecular weight is 417 g/mol. The van der Waals surface area contributed by atoms with Gasteiger partial charge in [-0.05, 0) is 39.0 Å². The van der Waals surface area contributed by atoms with Gasteiger partial charge in [-0.3, -0.25) is 10.2 Å². The van der Waals surface area contributed by atoms with Gasteiger partial charge in [-0.15, -0.1) is 0 Å². The average Bonchev–Trinajstić information content (AvgIpc) is 3.32. The number of piperazine rings is 1. The number of hydrogen-bond acceptors (Lipinski definition) is 8. The molecular formula is C21H32N6O3. The number of carbonyl (C=O) groups is 1. The van der Waals surface area contributed by atoms with Crippen LogP contribution in [0.3, 0.4) is 0 Å². The zero-order chi connectivity index (χ0) is 20.7. The van der Waals surface area contributed by atoms with Gasteiger partial charge in [0.25, 0.3) is 0 Å². The first-order valence-corrected chi connectivity index (χ1v) is 11.2. The molecule has 2 saturated carbocycles. The summed E-state index contributed by atoms with van der Waals surface area (Å²) in [7, 11) is 0. The summed E-state index contributed by atoms with van der Waals surface area (Å²) in [6.07, 6.45) is 7.52. The molecule has 5 rings (SSSR count). The summed E-state index contributed by atoms with van der Waals surface area (Å²) in [5.74, 6) is 1.24. The molecule has 30 heavy (non-hydrogen) atoms. The van der Waals surface area contributed by atoms with Gasteiger partial charge in [0.2, 0.25) is 5.91 Å². The Morgan fingerprint density at radius 2 is 2.13 bits per heavy atom. The van der Waals surface area contributed by atoms with Crippen LogP contribution in [0.5, 0.6) is 0 Å². The highest BCUT2D eigenvalue weighted by Gasteiger charge is 2.46. The van der Waals surface area contributed by atoms with Crippen molar-refractivity contribution in [3.8, 4) is 0 Å². The molecule has 4 atom stereocenters. The van der Waals surface area contributed by atoms with Crippen LogP contribution in [-0.4, -0.2) is 76.4 Å². The van der Waals surface area contributed by atoms with Gasteiger partial charge in [0.15, 0.2) is 0 Å². The van der Waals surface area contributed by atoms with Crippen LogP contribution in [0.4, 0.5) is 5.82 Å². The largest absolute Gasteiger partial charge is 0.395 e. The van der Waals surface area contributed by atoms with Crippen molar-refractivity contribution in [2.45, 2.75) is 62.8 Å². The molecule has 0 aromatic carbocycles. The molecule has 3 N–H and O–H groups in total. The Labute approximate surface area is 177 Å². The van der Waals surface area contributed by atoms with Crippen LogP contribution in [0.25, 0.3) is 0 Å². The van der Waals surface area contributed by atoms with Crippen LogP contribution in [-0.2, 0) is 9.53 Å². The van der Waals surface area contributed by atoms with Gasteiger partial charge < -0.3 is 19.6 Å². The fourth-order valence-corrected chi connectivity index (χ4v) is 5.08. The Bertz CT molecular complexity index is 788. The fourth-order valence-electron chi connectivity index (χ4n) is 5.08. The lowest BCUT2D eigenvalue weighted by molar-refractivity contribution is -0.131. The summed E-state index contributed by atoms with van der Waals surface area (Å²) >= 11 is 0. The quantitative estimate of drug-likeness (QED) is 0.611. The highest BCUT2D eigenvalue weighted by molar-refractivity contribution is 5.82. The number of anilines is 1. The number of nitrogens with one attached hydrogen (secondary N) is 2. The second kappa shape index (κ2) is 8.03. The van der Waals surface area contributed by atoms with E-state index in [1.165, 1.54) is 12.8 Å². The van der Waals surface area contributed by atoms with Crippen molar-refractivity contribution in [1.82, 2.24) is 25.7 Å². The Balaban J connectivity index is 1.27. The Morgan fingerprint density at radius 1 is 1.27 bits per heavy atom. The van der Waals surface area contributed by atoms with E-state index in [-0.39, 0.29) is 30.7 Å². The molecule has 2 aliphatic heterocycles. The van der Waals surface area contributed by atoms with E-state index in [1.54, 1.807) is 11.2 Å². The Morgan fingerprint density at radius 3 is 2.90 bits per heavy atom. The number of β-amino-alcohol motifs (C(OH)–C–C–N with tert-alkyl or cyclic N) is 1. The van der Waals surface area contributed by atoms with Crippen LogP contribution < -0.4 is 15.8 Å². The van der Waals surface area contributed by atoms with E-state index in [4.69, 9.17) is 9.84 Å². The lowest BCUT2D eigenvalue weighted by atomic mass is 9.79. The predicted octanol–water partition coefficient (Wildman–Crippen LogP) is 0.373. The van der Waals surface area contributed by atoms with E-state index in [1.807, 2.05) is 11.0 Å². The van der Waals surface area contributed by atoms with Crippen LogP contribution in [0, 0.1) is 5.92 Å². The summed E-state index contributed by atoms with van der Waals surface area (Å²) < 4.78 is 6.39. The number of amides is 1. The maximum absolute atomic E-state index is 12.3. The maximum Gasteiger partial charge on any atom is 0.242 e. The third kappa shape index (κ3) is 4.03. The van der Waals surface area contributed by atoms with Gasteiger partial charge in [0.1, 0.15) is 12.1 Å². The van der Waals surface area contributed by atoms with Crippen LogP contribution in [0.2, 0.25) is 0 Å². The number of fused-ring (bicyclic) bond motifs is 1. The molecule has 1 amide bonds. The first-order valence-electron chi connectivity index (χ1n) is 11.2. The molecule has 0 spiro atoms. The number of carbonyl (C=O) groups excluding carboxylic acids is 1. The molecule has 4 unspecified atom stereocenters. The Hall–Kier alpha value is -1.81. The van der Waals surface area contributed by atoms with Gasteiger partial charge in [-0.1, -0.05) is 0 Å². The van der Waals surface area contributed by atoms with Gasteiger partial charge in [0, 0.05) is 37.7 Å².